The van der Waals surface area contributed by atoms with Crippen LogP contribution >= 0.6 is 0 Å². The Balaban J connectivity index is 2.40. The molecule has 0 saturated carbocycles. The summed E-state index contributed by atoms with van der Waals surface area (Å²) < 4.78 is 5.04. The minimum absolute atomic E-state index is 0.262. The van der Waals surface area contributed by atoms with Crippen molar-refractivity contribution in [2.75, 3.05) is 20.6 Å². The van der Waals surface area contributed by atoms with Crippen LogP contribution in [0.1, 0.15) is 12.5 Å². The van der Waals surface area contributed by atoms with E-state index >= 15 is 0 Å². The average Bonchev–Trinajstić information content (AvgIpc) is 2.26. The van der Waals surface area contributed by atoms with Gasteiger partial charge in [0, 0.05) is 12.3 Å². The van der Waals surface area contributed by atoms with Gasteiger partial charge in [-0.15, -0.1) is 0 Å². The molecule has 1 aromatic rings. The van der Waals surface area contributed by atoms with Gasteiger partial charge < -0.3 is 9.64 Å². The molecule has 17 heavy (non-hydrogen) atoms. The summed E-state index contributed by atoms with van der Waals surface area (Å²) in [6.45, 7) is 2.72. The summed E-state index contributed by atoms with van der Waals surface area (Å²) in [5.41, 5.74) is 1.70. The molecule has 0 bridgehead atoms. The lowest BCUT2D eigenvalue weighted by atomic mass is 10.2. The number of carbonyl (C=O) groups excluding carboxylic acids is 1. The fraction of sp³-hybridized carbons (Fsp3) is 0.385. The molecule has 0 radical (unpaired) electrons. The molecule has 0 fully saturated rings. The molecule has 0 unspecified atom stereocenters. The van der Waals surface area contributed by atoms with E-state index in [4.69, 9.17) is 4.74 Å². The first-order valence-electron chi connectivity index (χ1n) is 5.47. The number of hydrogen-bond donors (Lipinski definition) is 0. The first kappa shape index (κ1) is 13.4. The SMILES string of the molecule is CC(CN(C)C)=NC(=O)OCc1ccccc1. The molecule has 0 aliphatic heterocycles. The number of hydrogen-bond acceptors (Lipinski definition) is 3. The maximum atomic E-state index is 11.4. The van der Waals surface area contributed by atoms with Gasteiger partial charge in [0.15, 0.2) is 0 Å². The highest BCUT2D eigenvalue weighted by Gasteiger charge is 2.02. The summed E-state index contributed by atoms with van der Waals surface area (Å²) in [4.78, 5) is 17.2. The Hall–Kier alpha value is -1.68. The van der Waals surface area contributed by atoms with E-state index in [9.17, 15) is 4.79 Å². The van der Waals surface area contributed by atoms with Gasteiger partial charge in [0.1, 0.15) is 6.61 Å². The maximum absolute atomic E-state index is 11.4. The fourth-order valence-electron chi connectivity index (χ4n) is 1.40. The summed E-state index contributed by atoms with van der Waals surface area (Å²) in [5, 5.41) is 0. The van der Waals surface area contributed by atoms with E-state index in [0.717, 1.165) is 11.3 Å². The van der Waals surface area contributed by atoms with Crippen molar-refractivity contribution in [3.8, 4) is 0 Å². The number of carbonyl (C=O) groups is 1. The van der Waals surface area contributed by atoms with Gasteiger partial charge in [-0.3, -0.25) is 0 Å². The number of nitrogens with zero attached hydrogens (tertiary/aromatic N) is 2. The van der Waals surface area contributed by atoms with Crippen molar-refractivity contribution in [2.24, 2.45) is 4.99 Å². The van der Waals surface area contributed by atoms with Crippen LogP contribution < -0.4 is 0 Å². The molecule has 0 atom stereocenters. The molecular weight excluding hydrogens is 216 g/mol. The van der Waals surface area contributed by atoms with Crippen molar-refractivity contribution >= 4 is 11.8 Å². The molecule has 1 rings (SSSR count). The predicted octanol–water partition coefficient (Wildman–Crippen LogP) is 2.35. The molecule has 0 heterocycles. The largest absolute Gasteiger partial charge is 0.443 e. The van der Waals surface area contributed by atoms with Gasteiger partial charge in [-0.1, -0.05) is 30.3 Å². The van der Waals surface area contributed by atoms with Crippen LogP contribution in [0.4, 0.5) is 4.79 Å². The van der Waals surface area contributed by atoms with Crippen LogP contribution in [0.5, 0.6) is 0 Å². The van der Waals surface area contributed by atoms with E-state index in [2.05, 4.69) is 4.99 Å². The quantitative estimate of drug-likeness (QED) is 0.751. The third kappa shape index (κ3) is 5.82. The van der Waals surface area contributed by atoms with Crippen molar-refractivity contribution in [1.29, 1.82) is 0 Å². The topological polar surface area (TPSA) is 41.9 Å². The highest BCUT2D eigenvalue weighted by Crippen LogP contribution is 2.01. The zero-order chi connectivity index (χ0) is 12.7. The lowest BCUT2D eigenvalue weighted by Crippen LogP contribution is -2.20. The molecule has 0 aliphatic carbocycles. The van der Waals surface area contributed by atoms with E-state index in [1.165, 1.54) is 0 Å². The van der Waals surface area contributed by atoms with E-state index in [1.807, 2.05) is 56.3 Å². The molecule has 0 aromatic heterocycles. The van der Waals surface area contributed by atoms with Crippen LogP contribution in [0.15, 0.2) is 35.3 Å². The zero-order valence-corrected chi connectivity index (χ0v) is 10.5. The Bertz CT molecular complexity index is 386. The second-order valence-electron chi connectivity index (χ2n) is 4.13. The highest BCUT2D eigenvalue weighted by molar-refractivity contribution is 5.92. The lowest BCUT2D eigenvalue weighted by molar-refractivity contribution is 0.150. The lowest BCUT2D eigenvalue weighted by Gasteiger charge is -2.08. The third-order valence-electron chi connectivity index (χ3n) is 2.03. The Labute approximate surface area is 102 Å². The molecule has 1 amide bonds. The second-order valence-corrected chi connectivity index (χ2v) is 4.13. The van der Waals surface area contributed by atoms with Crippen molar-refractivity contribution in [2.45, 2.75) is 13.5 Å². The summed E-state index contributed by atoms with van der Waals surface area (Å²) >= 11 is 0. The molecular formula is C13H18N2O2. The van der Waals surface area contributed by atoms with Crippen molar-refractivity contribution < 1.29 is 9.53 Å². The normalized spacial score (nSPS) is 11.6. The van der Waals surface area contributed by atoms with Gasteiger partial charge in [-0.25, -0.2) is 4.79 Å². The van der Waals surface area contributed by atoms with Crippen LogP contribution in [0.3, 0.4) is 0 Å². The van der Waals surface area contributed by atoms with Crippen LogP contribution in [0.25, 0.3) is 0 Å². The molecule has 92 valence electrons. The van der Waals surface area contributed by atoms with Crippen LogP contribution in [-0.2, 0) is 11.3 Å². The monoisotopic (exact) mass is 234 g/mol. The highest BCUT2D eigenvalue weighted by atomic mass is 16.5. The van der Waals surface area contributed by atoms with Gasteiger partial charge in [0.05, 0.1) is 0 Å². The molecule has 1 aromatic carbocycles. The molecule has 0 aliphatic rings. The van der Waals surface area contributed by atoms with Crippen molar-refractivity contribution in [1.82, 2.24) is 4.90 Å². The molecule has 0 saturated heterocycles. The number of benzene rings is 1. The van der Waals surface area contributed by atoms with E-state index < -0.39 is 6.09 Å². The Morgan fingerprint density at radius 2 is 1.94 bits per heavy atom. The van der Waals surface area contributed by atoms with E-state index in [0.29, 0.717) is 6.54 Å². The second kappa shape index (κ2) is 6.81. The van der Waals surface area contributed by atoms with E-state index in [-0.39, 0.29) is 6.61 Å². The fourth-order valence-corrected chi connectivity index (χ4v) is 1.40. The average molecular weight is 234 g/mol. The van der Waals surface area contributed by atoms with Gasteiger partial charge in [0.25, 0.3) is 0 Å². The minimum atomic E-state index is -0.534. The summed E-state index contributed by atoms with van der Waals surface area (Å²) in [6.07, 6.45) is -0.534. The van der Waals surface area contributed by atoms with Crippen molar-refractivity contribution in [3.63, 3.8) is 0 Å². The molecule has 4 heteroatoms. The molecule has 0 spiro atoms. The first-order valence-corrected chi connectivity index (χ1v) is 5.47. The summed E-state index contributed by atoms with van der Waals surface area (Å²) in [6, 6.07) is 9.55. The first-order chi connectivity index (χ1) is 8.08. The number of ether oxygens (including phenoxy) is 1. The van der Waals surface area contributed by atoms with Gasteiger partial charge in [-0.2, -0.15) is 4.99 Å². The third-order valence-corrected chi connectivity index (χ3v) is 2.03. The Morgan fingerprint density at radius 3 is 2.53 bits per heavy atom. The summed E-state index contributed by atoms with van der Waals surface area (Å²) in [7, 11) is 3.85. The van der Waals surface area contributed by atoms with Gasteiger partial charge >= 0.3 is 6.09 Å². The smallest absolute Gasteiger partial charge is 0.433 e. The van der Waals surface area contributed by atoms with Crippen molar-refractivity contribution in [3.05, 3.63) is 35.9 Å². The van der Waals surface area contributed by atoms with Gasteiger partial charge in [-0.05, 0) is 26.6 Å². The maximum Gasteiger partial charge on any atom is 0.433 e. The Morgan fingerprint density at radius 1 is 1.29 bits per heavy atom. The number of amides is 1. The Kier molecular flexibility index (Phi) is 5.36. The van der Waals surface area contributed by atoms with E-state index in [1.54, 1.807) is 0 Å². The van der Waals surface area contributed by atoms with Crippen LogP contribution in [0.2, 0.25) is 0 Å². The van der Waals surface area contributed by atoms with Gasteiger partial charge in [0.2, 0.25) is 0 Å². The standard InChI is InChI=1S/C13H18N2O2/c1-11(9-15(2)3)14-13(16)17-10-12-7-5-4-6-8-12/h4-8H,9-10H2,1-3H3. The van der Waals surface area contributed by atoms with Crippen LogP contribution in [-0.4, -0.2) is 37.3 Å². The molecule has 4 nitrogen and oxygen atoms in total. The summed E-state index contributed by atoms with van der Waals surface area (Å²) in [5.74, 6) is 0. The van der Waals surface area contributed by atoms with Crippen LogP contribution in [0, 0.1) is 0 Å². The zero-order valence-electron chi connectivity index (χ0n) is 10.5. The predicted molar refractivity (Wildman–Crippen MR) is 68.3 cm³/mol. The number of aliphatic imine (C=N–C) groups is 1. The number of rotatable bonds is 4. The molecule has 0 N–H and O–H groups in total. The minimum Gasteiger partial charge on any atom is -0.443 e.